The number of hydrogen-bond donors (Lipinski definition) is 0. The summed E-state index contributed by atoms with van der Waals surface area (Å²) < 4.78 is 0. The predicted octanol–water partition coefficient (Wildman–Crippen LogP) is 15.3. The first-order valence-corrected chi connectivity index (χ1v) is 25.8. The van der Waals surface area contributed by atoms with Crippen LogP contribution in [0.2, 0.25) is 0 Å². The standard InChI is InChI=1S/C66H60BN3/c1-65(2,47-24-11-6-12-25-47)49-28-21-31-52(42-49)70-60-43-50(66(3,4)48-26-13-7-14-27-48)36-38-56(60)67-57-39-37-53(69-58-34-19-17-32-54(58)55-33-18-20-35-59(55)69)44-61(57)68(51-29-15-8-16-30-51)62-40-46(41-63(70)64(62)67)45-22-9-5-10-23-45/h6-8,11-21,24-34,36-45,59H,5,9-10,22-23,35H2,1-4H3. The summed E-state index contributed by atoms with van der Waals surface area (Å²) in [5, 5.41) is 0. The number of rotatable bonds is 8. The normalized spacial score (nSPS) is 17.1. The van der Waals surface area contributed by atoms with Crippen LogP contribution in [-0.4, -0.2) is 12.8 Å². The molecule has 5 aliphatic rings. The van der Waals surface area contributed by atoms with Crippen molar-refractivity contribution in [3.05, 3.63) is 240 Å². The third-order valence-corrected chi connectivity index (χ3v) is 16.9. The van der Waals surface area contributed by atoms with Crippen molar-refractivity contribution in [3.63, 3.8) is 0 Å². The fraction of sp³-hybridized carbons (Fsp3) is 0.212. The maximum atomic E-state index is 2.67. The van der Waals surface area contributed by atoms with Crippen molar-refractivity contribution in [1.29, 1.82) is 0 Å². The predicted molar refractivity (Wildman–Crippen MR) is 298 cm³/mol. The molecule has 2 aliphatic carbocycles. The number of anilines is 8. The maximum Gasteiger partial charge on any atom is 0.252 e. The minimum Gasteiger partial charge on any atom is -0.333 e. The van der Waals surface area contributed by atoms with Crippen molar-refractivity contribution in [2.75, 3.05) is 14.7 Å². The van der Waals surface area contributed by atoms with Gasteiger partial charge in [-0.1, -0.05) is 193 Å². The summed E-state index contributed by atoms with van der Waals surface area (Å²) in [5.74, 6) is 0.500. The van der Waals surface area contributed by atoms with Crippen molar-refractivity contribution < 1.29 is 0 Å². The summed E-state index contributed by atoms with van der Waals surface area (Å²) in [6.45, 7) is 9.54. The summed E-state index contributed by atoms with van der Waals surface area (Å²) >= 11 is 0. The van der Waals surface area contributed by atoms with E-state index >= 15 is 0 Å². The maximum absolute atomic E-state index is 2.67. The summed E-state index contributed by atoms with van der Waals surface area (Å²) in [6.07, 6.45) is 14.2. The van der Waals surface area contributed by atoms with Gasteiger partial charge in [-0.05, 0) is 136 Å². The third-order valence-electron chi connectivity index (χ3n) is 16.9. The lowest BCUT2D eigenvalue weighted by atomic mass is 9.33. The number of fused-ring (bicyclic) bond motifs is 7. The monoisotopic (exact) mass is 905 g/mol. The molecule has 0 saturated heterocycles. The number of hydrogen-bond acceptors (Lipinski definition) is 3. The van der Waals surface area contributed by atoms with Gasteiger partial charge in [0.15, 0.2) is 0 Å². The molecule has 1 unspecified atom stereocenters. The van der Waals surface area contributed by atoms with Crippen LogP contribution in [0.15, 0.2) is 206 Å². The largest absolute Gasteiger partial charge is 0.333 e. The van der Waals surface area contributed by atoms with E-state index in [9.17, 15) is 0 Å². The number of nitrogens with zero attached hydrogens (tertiary/aromatic N) is 3. The Kier molecular flexibility index (Phi) is 10.2. The van der Waals surface area contributed by atoms with Gasteiger partial charge in [0.05, 0.1) is 6.04 Å². The summed E-state index contributed by atoms with van der Waals surface area (Å²) in [7, 11) is 0. The average molecular weight is 906 g/mol. The van der Waals surface area contributed by atoms with Gasteiger partial charge in [-0.2, -0.15) is 0 Å². The van der Waals surface area contributed by atoms with Crippen LogP contribution in [0, 0.1) is 0 Å². The molecule has 0 N–H and O–H groups in total. The highest BCUT2D eigenvalue weighted by Gasteiger charge is 2.45. The number of allylic oxidation sites excluding steroid dienone is 2. The molecule has 342 valence electrons. The minimum absolute atomic E-state index is 0.0115. The van der Waals surface area contributed by atoms with E-state index in [1.807, 2.05) is 0 Å². The first kappa shape index (κ1) is 42.8. The van der Waals surface area contributed by atoms with E-state index in [4.69, 9.17) is 0 Å². The lowest BCUT2D eigenvalue weighted by Crippen LogP contribution is -2.61. The van der Waals surface area contributed by atoms with Crippen molar-refractivity contribution in [2.45, 2.75) is 89.0 Å². The topological polar surface area (TPSA) is 9.72 Å². The van der Waals surface area contributed by atoms with Crippen molar-refractivity contribution in [2.24, 2.45) is 0 Å². The number of benzene rings is 8. The zero-order chi connectivity index (χ0) is 47.1. The molecule has 0 radical (unpaired) electrons. The van der Waals surface area contributed by atoms with E-state index in [-0.39, 0.29) is 23.6 Å². The average Bonchev–Trinajstić information content (AvgIpc) is 3.76. The van der Waals surface area contributed by atoms with Gasteiger partial charge >= 0.3 is 0 Å². The quantitative estimate of drug-likeness (QED) is 0.141. The second-order valence-electron chi connectivity index (χ2n) is 21.5. The van der Waals surface area contributed by atoms with Crippen LogP contribution in [0.1, 0.15) is 106 Å². The van der Waals surface area contributed by atoms with Crippen LogP contribution in [-0.2, 0) is 10.8 Å². The van der Waals surface area contributed by atoms with Gasteiger partial charge in [0.25, 0.3) is 6.71 Å². The number of para-hydroxylation sites is 2. The van der Waals surface area contributed by atoms with Gasteiger partial charge in [0, 0.05) is 61.9 Å². The Hall–Kier alpha value is -7.30. The molecule has 0 aromatic heterocycles. The lowest BCUT2D eigenvalue weighted by molar-refractivity contribution is 0.444. The van der Waals surface area contributed by atoms with E-state index < -0.39 is 0 Å². The molecule has 0 spiro atoms. The van der Waals surface area contributed by atoms with Crippen LogP contribution in [0.5, 0.6) is 0 Å². The fourth-order valence-electron chi connectivity index (χ4n) is 13.0. The van der Waals surface area contributed by atoms with Gasteiger partial charge in [0.2, 0.25) is 0 Å². The lowest BCUT2D eigenvalue weighted by Gasteiger charge is -2.45. The Morgan fingerprint density at radius 1 is 0.457 bits per heavy atom. The molecule has 3 aliphatic heterocycles. The minimum atomic E-state index is -0.231. The fourth-order valence-corrected chi connectivity index (χ4v) is 13.0. The molecular weight excluding hydrogens is 846 g/mol. The second-order valence-corrected chi connectivity index (χ2v) is 21.5. The zero-order valence-electron chi connectivity index (χ0n) is 40.9. The molecule has 1 saturated carbocycles. The first-order chi connectivity index (χ1) is 34.3. The molecule has 0 amide bonds. The van der Waals surface area contributed by atoms with Crippen molar-refractivity contribution >= 4 is 74.2 Å². The van der Waals surface area contributed by atoms with E-state index in [0.29, 0.717) is 5.92 Å². The molecular formula is C66H60BN3. The van der Waals surface area contributed by atoms with Gasteiger partial charge in [-0.25, -0.2) is 0 Å². The zero-order valence-corrected chi connectivity index (χ0v) is 40.9. The molecule has 0 bridgehead atoms. The SMILES string of the molecule is CC(C)(c1ccccc1)c1cccc(N2c3cc(C(C)(C)c4ccccc4)ccc3B3c4ccc(N5c6ccccc6C6=CC=CCC65)cc4N(c4ccccc4)c4cc(C5CCCCC5)cc2c43)c1. The summed E-state index contributed by atoms with van der Waals surface area (Å²) in [6, 6.07) is 72.2. The molecule has 70 heavy (non-hydrogen) atoms. The molecule has 8 aromatic carbocycles. The molecule has 1 fully saturated rings. The first-order valence-electron chi connectivity index (χ1n) is 25.8. The van der Waals surface area contributed by atoms with Crippen LogP contribution in [0.25, 0.3) is 5.57 Å². The van der Waals surface area contributed by atoms with Crippen LogP contribution < -0.4 is 31.1 Å². The highest BCUT2D eigenvalue weighted by atomic mass is 15.2. The molecule has 1 atom stereocenters. The Bertz CT molecular complexity index is 3360. The highest BCUT2D eigenvalue weighted by molar-refractivity contribution is 7.00. The van der Waals surface area contributed by atoms with Crippen LogP contribution in [0.3, 0.4) is 0 Å². The third kappa shape index (κ3) is 6.78. The van der Waals surface area contributed by atoms with Crippen molar-refractivity contribution in [3.8, 4) is 0 Å². The highest BCUT2D eigenvalue weighted by Crippen LogP contribution is 2.51. The molecule has 4 heteroatoms. The molecule has 3 heterocycles. The Morgan fingerprint density at radius 2 is 1.03 bits per heavy atom. The Labute approximate surface area is 415 Å². The molecule has 13 rings (SSSR count). The van der Waals surface area contributed by atoms with Crippen LogP contribution in [0.4, 0.5) is 45.5 Å². The van der Waals surface area contributed by atoms with Crippen molar-refractivity contribution in [1.82, 2.24) is 0 Å². The van der Waals surface area contributed by atoms with Crippen LogP contribution >= 0.6 is 0 Å². The van der Waals surface area contributed by atoms with E-state index in [2.05, 4.69) is 249 Å². The van der Waals surface area contributed by atoms with E-state index in [1.165, 1.54) is 133 Å². The van der Waals surface area contributed by atoms with E-state index in [0.717, 1.165) is 6.42 Å². The second kappa shape index (κ2) is 16.7. The smallest absolute Gasteiger partial charge is 0.252 e. The molecule has 3 nitrogen and oxygen atoms in total. The Balaban J connectivity index is 1.08. The van der Waals surface area contributed by atoms with Gasteiger partial charge < -0.3 is 14.7 Å². The van der Waals surface area contributed by atoms with Gasteiger partial charge in [0.1, 0.15) is 0 Å². The Morgan fingerprint density at radius 3 is 1.73 bits per heavy atom. The summed E-state index contributed by atoms with van der Waals surface area (Å²) in [5.41, 5.74) is 23.1. The summed E-state index contributed by atoms with van der Waals surface area (Å²) in [4.78, 5) is 7.91. The molecule has 8 aromatic rings. The van der Waals surface area contributed by atoms with Gasteiger partial charge in [-0.15, -0.1) is 0 Å². The van der Waals surface area contributed by atoms with Gasteiger partial charge in [-0.3, -0.25) is 0 Å². The van der Waals surface area contributed by atoms with E-state index in [1.54, 1.807) is 0 Å².